The van der Waals surface area contributed by atoms with Gasteiger partial charge < -0.3 is 9.80 Å². The molecule has 3 nitrogen and oxygen atoms in total. The SMILES string of the molecule is CCN(C(=O)CC(C)C)[C@H]1CCC2(CCN(CCC(C)(C)C)CC2)c2ccccc21. The number of nitrogens with zero attached hydrogens (tertiary/aromatic N) is 2. The molecular weight excluding hydrogens is 368 g/mol. The van der Waals surface area contributed by atoms with Gasteiger partial charge in [-0.25, -0.2) is 0 Å². The van der Waals surface area contributed by atoms with Gasteiger partial charge in [-0.15, -0.1) is 0 Å². The second-order valence-electron chi connectivity index (χ2n) is 11.4. The second-order valence-corrected chi connectivity index (χ2v) is 11.4. The molecule has 1 aromatic rings. The number of fused-ring (bicyclic) bond motifs is 2. The predicted molar refractivity (Wildman–Crippen MR) is 127 cm³/mol. The zero-order valence-electron chi connectivity index (χ0n) is 20.3. The van der Waals surface area contributed by atoms with E-state index in [1.54, 1.807) is 0 Å². The van der Waals surface area contributed by atoms with E-state index in [4.69, 9.17) is 0 Å². The maximum atomic E-state index is 13.0. The van der Waals surface area contributed by atoms with E-state index in [0.717, 1.165) is 13.0 Å². The molecule has 2 aliphatic rings. The molecule has 0 unspecified atom stereocenters. The summed E-state index contributed by atoms with van der Waals surface area (Å²) in [4.78, 5) is 17.8. The Balaban J connectivity index is 1.77. The van der Waals surface area contributed by atoms with Crippen LogP contribution in [0.1, 0.15) is 97.2 Å². The number of rotatable bonds is 6. The molecule has 3 heteroatoms. The fraction of sp³-hybridized carbons (Fsp3) is 0.741. The Morgan fingerprint density at radius 3 is 2.43 bits per heavy atom. The molecule has 1 amide bonds. The Morgan fingerprint density at radius 1 is 1.17 bits per heavy atom. The first kappa shape index (κ1) is 23.3. The minimum absolute atomic E-state index is 0.252. The van der Waals surface area contributed by atoms with Gasteiger partial charge >= 0.3 is 0 Å². The van der Waals surface area contributed by atoms with Gasteiger partial charge in [-0.2, -0.15) is 0 Å². The van der Waals surface area contributed by atoms with Crippen molar-refractivity contribution in [3.63, 3.8) is 0 Å². The van der Waals surface area contributed by atoms with Gasteiger partial charge in [0.25, 0.3) is 0 Å². The quantitative estimate of drug-likeness (QED) is 0.556. The van der Waals surface area contributed by atoms with Crippen LogP contribution in [0.3, 0.4) is 0 Å². The molecule has 1 saturated heterocycles. The van der Waals surface area contributed by atoms with E-state index in [-0.39, 0.29) is 6.04 Å². The lowest BCUT2D eigenvalue weighted by Crippen LogP contribution is -2.47. The number of piperidine rings is 1. The molecule has 1 aliphatic heterocycles. The number of carbonyl (C=O) groups is 1. The summed E-state index contributed by atoms with van der Waals surface area (Å²) >= 11 is 0. The third-order valence-corrected chi connectivity index (χ3v) is 7.40. The molecule has 0 aromatic heterocycles. The predicted octanol–water partition coefficient (Wildman–Crippen LogP) is 6.19. The number of benzene rings is 1. The number of likely N-dealkylation sites (tertiary alicyclic amines) is 1. The molecule has 1 fully saturated rings. The summed E-state index contributed by atoms with van der Waals surface area (Å²) in [6, 6.07) is 9.30. The van der Waals surface area contributed by atoms with Crippen molar-refractivity contribution in [3.8, 4) is 0 Å². The van der Waals surface area contributed by atoms with Crippen LogP contribution >= 0.6 is 0 Å². The van der Waals surface area contributed by atoms with Crippen molar-refractivity contribution in [1.82, 2.24) is 9.80 Å². The molecule has 3 rings (SSSR count). The summed E-state index contributed by atoms with van der Waals surface area (Å²) in [7, 11) is 0. The zero-order valence-corrected chi connectivity index (χ0v) is 20.3. The Morgan fingerprint density at radius 2 is 1.83 bits per heavy atom. The lowest BCUT2D eigenvalue weighted by atomic mass is 9.63. The highest BCUT2D eigenvalue weighted by Gasteiger charge is 2.43. The molecule has 1 aliphatic carbocycles. The molecule has 0 saturated carbocycles. The van der Waals surface area contributed by atoms with Crippen LogP contribution in [0.25, 0.3) is 0 Å². The third-order valence-electron chi connectivity index (χ3n) is 7.40. The topological polar surface area (TPSA) is 23.6 Å². The fourth-order valence-corrected chi connectivity index (χ4v) is 5.55. The van der Waals surface area contributed by atoms with E-state index in [1.165, 1.54) is 56.4 Å². The first-order chi connectivity index (χ1) is 14.1. The molecule has 1 atom stereocenters. The fourth-order valence-electron chi connectivity index (χ4n) is 5.55. The summed E-state index contributed by atoms with van der Waals surface area (Å²) in [5.41, 5.74) is 3.68. The Kier molecular flexibility index (Phi) is 7.32. The second kappa shape index (κ2) is 9.42. The van der Waals surface area contributed by atoms with Crippen molar-refractivity contribution in [2.24, 2.45) is 11.3 Å². The van der Waals surface area contributed by atoms with Crippen molar-refractivity contribution in [3.05, 3.63) is 35.4 Å². The van der Waals surface area contributed by atoms with Gasteiger partial charge in [0.1, 0.15) is 0 Å². The smallest absolute Gasteiger partial charge is 0.223 e. The standard InChI is InChI=1S/C27H44N2O/c1-7-29(25(30)20-21(2)3)24-12-13-27(23-11-9-8-10-22(23)24)15-18-28(19-16-27)17-14-26(4,5)6/h8-11,21,24H,7,12-20H2,1-6H3/t24-/m0/s1. The highest BCUT2D eigenvalue weighted by molar-refractivity contribution is 5.77. The zero-order chi connectivity index (χ0) is 21.9. The molecule has 1 aromatic carbocycles. The molecular formula is C27H44N2O. The van der Waals surface area contributed by atoms with Crippen molar-refractivity contribution in [2.75, 3.05) is 26.2 Å². The lowest BCUT2D eigenvalue weighted by molar-refractivity contribution is -0.134. The highest BCUT2D eigenvalue weighted by atomic mass is 16.2. The minimum atomic E-state index is 0.252. The van der Waals surface area contributed by atoms with Crippen LogP contribution in [0, 0.1) is 11.3 Å². The molecule has 1 spiro atoms. The average Bonchev–Trinajstić information content (AvgIpc) is 2.69. The van der Waals surface area contributed by atoms with Crippen molar-refractivity contribution in [1.29, 1.82) is 0 Å². The highest BCUT2D eigenvalue weighted by Crippen LogP contribution is 2.49. The maximum absolute atomic E-state index is 13.0. The molecule has 168 valence electrons. The molecule has 1 heterocycles. The van der Waals surface area contributed by atoms with E-state index >= 15 is 0 Å². The third kappa shape index (κ3) is 5.28. The van der Waals surface area contributed by atoms with Crippen LogP contribution < -0.4 is 0 Å². The Bertz CT molecular complexity index is 710. The van der Waals surface area contributed by atoms with Crippen molar-refractivity contribution >= 4 is 5.91 Å². The monoisotopic (exact) mass is 412 g/mol. The largest absolute Gasteiger partial charge is 0.336 e. The molecule has 0 bridgehead atoms. The van der Waals surface area contributed by atoms with Crippen LogP contribution in [-0.2, 0) is 10.2 Å². The van der Waals surface area contributed by atoms with Crippen LogP contribution in [-0.4, -0.2) is 41.9 Å². The maximum Gasteiger partial charge on any atom is 0.223 e. The van der Waals surface area contributed by atoms with Gasteiger partial charge in [0.2, 0.25) is 5.91 Å². The first-order valence-corrected chi connectivity index (χ1v) is 12.3. The van der Waals surface area contributed by atoms with Gasteiger partial charge in [0, 0.05) is 13.0 Å². The number of carbonyl (C=O) groups excluding carboxylic acids is 1. The average molecular weight is 413 g/mol. The normalized spacial score (nSPS) is 21.6. The van der Waals surface area contributed by atoms with Gasteiger partial charge in [-0.05, 0) is 86.5 Å². The van der Waals surface area contributed by atoms with E-state index < -0.39 is 0 Å². The summed E-state index contributed by atoms with van der Waals surface area (Å²) in [5, 5.41) is 0. The van der Waals surface area contributed by atoms with Gasteiger partial charge in [0.15, 0.2) is 0 Å². The number of amides is 1. The van der Waals surface area contributed by atoms with E-state index in [1.807, 2.05) is 0 Å². The van der Waals surface area contributed by atoms with Crippen LogP contribution in [0.4, 0.5) is 0 Å². The summed E-state index contributed by atoms with van der Waals surface area (Å²) in [6.07, 6.45) is 6.76. The Labute approximate surface area is 185 Å². The van der Waals surface area contributed by atoms with Crippen molar-refractivity contribution in [2.45, 2.75) is 91.5 Å². The van der Waals surface area contributed by atoms with Crippen molar-refractivity contribution < 1.29 is 4.79 Å². The van der Waals surface area contributed by atoms with Crippen LogP contribution in [0.15, 0.2) is 24.3 Å². The molecule has 30 heavy (non-hydrogen) atoms. The summed E-state index contributed by atoms with van der Waals surface area (Å²) < 4.78 is 0. The molecule has 0 N–H and O–H groups in total. The van der Waals surface area contributed by atoms with Gasteiger partial charge in [0.05, 0.1) is 6.04 Å². The number of hydrogen-bond donors (Lipinski definition) is 0. The van der Waals surface area contributed by atoms with Crippen LogP contribution in [0.2, 0.25) is 0 Å². The Hall–Kier alpha value is -1.35. The molecule has 0 radical (unpaired) electrons. The van der Waals surface area contributed by atoms with E-state index in [9.17, 15) is 4.79 Å². The first-order valence-electron chi connectivity index (χ1n) is 12.3. The summed E-state index contributed by atoms with van der Waals surface area (Å²) in [5.74, 6) is 0.731. The van der Waals surface area contributed by atoms with Crippen LogP contribution in [0.5, 0.6) is 0 Å². The number of hydrogen-bond acceptors (Lipinski definition) is 2. The minimum Gasteiger partial charge on any atom is -0.336 e. The lowest BCUT2D eigenvalue weighted by Gasteiger charge is -2.49. The van der Waals surface area contributed by atoms with Gasteiger partial charge in [-0.3, -0.25) is 4.79 Å². The van der Waals surface area contributed by atoms with E-state index in [2.05, 4.69) is 75.6 Å². The van der Waals surface area contributed by atoms with Gasteiger partial charge in [-0.1, -0.05) is 58.9 Å². The van der Waals surface area contributed by atoms with E-state index in [0.29, 0.717) is 29.1 Å². The summed E-state index contributed by atoms with van der Waals surface area (Å²) in [6.45, 7) is 17.9.